The first-order valence-corrected chi connectivity index (χ1v) is 8.22. The summed E-state index contributed by atoms with van der Waals surface area (Å²) in [5, 5.41) is 0. The number of primary amides is 1. The maximum Gasteiger partial charge on any atom is 0.404 e. The number of ether oxygens (including phenoxy) is 4. The summed E-state index contributed by atoms with van der Waals surface area (Å²) in [6, 6.07) is 9.94. The summed E-state index contributed by atoms with van der Waals surface area (Å²) in [5.41, 5.74) is 4.97. The molecule has 132 valence electrons. The van der Waals surface area contributed by atoms with E-state index in [0.717, 1.165) is 5.56 Å². The molecule has 2 aliphatic heterocycles. The Morgan fingerprint density at radius 1 is 1.29 bits per heavy atom. The van der Waals surface area contributed by atoms with Gasteiger partial charge in [-0.2, -0.15) is 0 Å². The van der Waals surface area contributed by atoms with Crippen LogP contribution in [0.2, 0.25) is 0 Å². The number of benzene rings is 1. The van der Waals surface area contributed by atoms with Gasteiger partial charge in [0.25, 0.3) is 0 Å². The summed E-state index contributed by atoms with van der Waals surface area (Å²) in [4.78, 5) is 11.2. The summed E-state index contributed by atoms with van der Waals surface area (Å²) in [6.45, 7) is 6.47. The Morgan fingerprint density at radius 2 is 2.00 bits per heavy atom. The Bertz CT molecular complexity index is 585. The van der Waals surface area contributed by atoms with Gasteiger partial charge in [0.2, 0.25) is 0 Å². The first kappa shape index (κ1) is 17.2. The number of hydrogen-bond acceptors (Lipinski definition) is 5. The van der Waals surface area contributed by atoms with E-state index in [-0.39, 0.29) is 24.9 Å². The third kappa shape index (κ3) is 3.88. The van der Waals surface area contributed by atoms with Crippen molar-refractivity contribution >= 4 is 6.09 Å². The van der Waals surface area contributed by atoms with Crippen LogP contribution in [0.4, 0.5) is 4.79 Å². The van der Waals surface area contributed by atoms with Crippen LogP contribution >= 0.6 is 0 Å². The summed E-state index contributed by atoms with van der Waals surface area (Å²) in [5.74, 6) is 0. The molecule has 4 atom stereocenters. The molecule has 24 heavy (non-hydrogen) atoms. The minimum atomic E-state index is -0.857. The third-order valence-electron chi connectivity index (χ3n) is 4.19. The molecule has 0 spiro atoms. The zero-order valence-electron chi connectivity index (χ0n) is 14.4. The second-order valence-corrected chi connectivity index (χ2v) is 7.44. The zero-order chi connectivity index (χ0) is 17.4. The average Bonchev–Trinajstić information content (AvgIpc) is 3.14. The molecule has 6 heteroatoms. The first-order chi connectivity index (χ1) is 11.3. The molecule has 1 amide bonds. The predicted molar refractivity (Wildman–Crippen MR) is 87.7 cm³/mol. The largest absolute Gasteiger partial charge is 0.447 e. The van der Waals surface area contributed by atoms with Crippen molar-refractivity contribution in [3.63, 3.8) is 0 Å². The van der Waals surface area contributed by atoms with Crippen LogP contribution in [-0.2, 0) is 25.4 Å². The molecule has 1 aromatic carbocycles. The summed E-state index contributed by atoms with van der Waals surface area (Å²) in [6.07, 6.45) is -0.498. The van der Waals surface area contributed by atoms with Crippen LogP contribution < -0.4 is 5.73 Å². The van der Waals surface area contributed by atoms with Crippen molar-refractivity contribution in [3.8, 4) is 0 Å². The quantitative estimate of drug-likeness (QED) is 0.805. The van der Waals surface area contributed by atoms with Crippen molar-refractivity contribution in [1.82, 2.24) is 0 Å². The lowest BCUT2D eigenvalue weighted by Gasteiger charge is -2.42. The van der Waals surface area contributed by atoms with Crippen molar-refractivity contribution in [1.29, 1.82) is 0 Å². The van der Waals surface area contributed by atoms with Crippen LogP contribution in [0.15, 0.2) is 30.3 Å². The number of carbonyl (C=O) groups is 1. The second kappa shape index (κ2) is 6.35. The fraction of sp³-hybridized carbons (Fsp3) is 0.611. The molecular formula is C18H25NO5. The standard InChI is InChI=1S/C18H25NO5/c1-17(2,3)24-18(11-22-16(19)20,9-12-7-5-4-6-8-12)15-14-13(23-14)10-21-15/h4-8,13-15H,9-11H2,1-3H3,(H2,19,20)/t13-,14+,15+,18-/m0/s1. The molecule has 2 heterocycles. The predicted octanol–water partition coefficient (Wildman–Crippen LogP) is 2.04. The second-order valence-electron chi connectivity index (χ2n) is 7.44. The number of hydrogen-bond donors (Lipinski definition) is 1. The van der Waals surface area contributed by atoms with Crippen LogP contribution in [0, 0.1) is 0 Å². The Labute approximate surface area is 142 Å². The third-order valence-corrected chi connectivity index (χ3v) is 4.19. The molecule has 0 aromatic heterocycles. The van der Waals surface area contributed by atoms with Crippen molar-refractivity contribution in [2.24, 2.45) is 5.73 Å². The van der Waals surface area contributed by atoms with Crippen LogP contribution in [0.1, 0.15) is 26.3 Å². The SMILES string of the molecule is CC(C)(C)O[C@](COC(N)=O)(Cc1ccccc1)[C@@H]1OC[C@@H]2O[C@H]21. The zero-order valence-corrected chi connectivity index (χ0v) is 14.4. The van der Waals surface area contributed by atoms with Gasteiger partial charge in [0, 0.05) is 6.42 Å². The molecule has 1 aromatic rings. The number of amides is 1. The highest BCUT2D eigenvalue weighted by molar-refractivity contribution is 5.64. The van der Waals surface area contributed by atoms with Crippen molar-refractivity contribution < 1.29 is 23.7 Å². The molecule has 0 saturated carbocycles. The number of nitrogens with two attached hydrogens (primary N) is 1. The molecule has 0 radical (unpaired) electrons. The smallest absolute Gasteiger partial charge is 0.404 e. The van der Waals surface area contributed by atoms with Gasteiger partial charge in [-0.1, -0.05) is 30.3 Å². The lowest BCUT2D eigenvalue weighted by molar-refractivity contribution is -0.213. The molecular weight excluding hydrogens is 310 g/mol. The van der Waals surface area contributed by atoms with E-state index in [2.05, 4.69) is 0 Å². The van der Waals surface area contributed by atoms with Crippen LogP contribution in [-0.4, -0.2) is 48.8 Å². The van der Waals surface area contributed by atoms with Crippen molar-refractivity contribution in [2.45, 2.75) is 56.7 Å². The Morgan fingerprint density at radius 3 is 2.50 bits per heavy atom. The van der Waals surface area contributed by atoms with Crippen LogP contribution in [0.25, 0.3) is 0 Å². The molecule has 2 N–H and O–H groups in total. The minimum Gasteiger partial charge on any atom is -0.447 e. The normalized spacial score (nSPS) is 28.0. The van der Waals surface area contributed by atoms with E-state index >= 15 is 0 Å². The fourth-order valence-corrected chi connectivity index (χ4v) is 3.40. The van der Waals surface area contributed by atoms with Gasteiger partial charge in [0.15, 0.2) is 0 Å². The van der Waals surface area contributed by atoms with E-state index < -0.39 is 17.3 Å². The molecule has 2 fully saturated rings. The van der Waals surface area contributed by atoms with Crippen LogP contribution in [0.3, 0.4) is 0 Å². The highest BCUT2D eigenvalue weighted by Gasteiger charge is 2.61. The van der Waals surface area contributed by atoms with E-state index in [1.165, 1.54) is 0 Å². The highest BCUT2D eigenvalue weighted by atomic mass is 16.7. The van der Waals surface area contributed by atoms with Gasteiger partial charge in [-0.25, -0.2) is 4.79 Å². The van der Waals surface area contributed by atoms with Crippen molar-refractivity contribution in [2.75, 3.05) is 13.2 Å². The Balaban J connectivity index is 1.92. The maximum absolute atomic E-state index is 11.2. The molecule has 0 bridgehead atoms. The number of epoxide rings is 1. The van der Waals surface area contributed by atoms with Gasteiger partial charge in [-0.15, -0.1) is 0 Å². The van der Waals surface area contributed by atoms with E-state index in [1.54, 1.807) is 0 Å². The molecule has 3 rings (SSSR count). The highest BCUT2D eigenvalue weighted by Crippen LogP contribution is 2.43. The topological polar surface area (TPSA) is 83.3 Å². The molecule has 0 unspecified atom stereocenters. The Hall–Kier alpha value is -1.63. The van der Waals surface area contributed by atoms with Gasteiger partial charge < -0.3 is 24.7 Å². The first-order valence-electron chi connectivity index (χ1n) is 8.22. The van der Waals surface area contributed by atoms with E-state index in [9.17, 15) is 4.79 Å². The Kier molecular flexibility index (Phi) is 4.55. The van der Waals surface area contributed by atoms with E-state index in [1.807, 2.05) is 51.1 Å². The summed E-state index contributed by atoms with van der Waals surface area (Å²) >= 11 is 0. The van der Waals surface area contributed by atoms with E-state index in [0.29, 0.717) is 13.0 Å². The summed E-state index contributed by atoms with van der Waals surface area (Å²) < 4.78 is 23.2. The average molecular weight is 335 g/mol. The van der Waals surface area contributed by atoms with E-state index in [4.69, 9.17) is 24.7 Å². The lowest BCUT2D eigenvalue weighted by atomic mass is 9.86. The maximum atomic E-state index is 11.2. The monoisotopic (exact) mass is 335 g/mol. The fourth-order valence-electron chi connectivity index (χ4n) is 3.40. The lowest BCUT2D eigenvalue weighted by Crippen LogP contribution is -2.56. The van der Waals surface area contributed by atoms with Gasteiger partial charge in [-0.3, -0.25) is 0 Å². The number of carbonyl (C=O) groups excluding carboxylic acids is 1. The molecule has 0 aliphatic carbocycles. The summed E-state index contributed by atoms with van der Waals surface area (Å²) in [7, 11) is 0. The minimum absolute atomic E-state index is 0.0196. The number of fused-ring (bicyclic) bond motifs is 1. The molecule has 6 nitrogen and oxygen atoms in total. The molecule has 2 aliphatic rings. The number of rotatable bonds is 6. The van der Waals surface area contributed by atoms with Crippen LogP contribution in [0.5, 0.6) is 0 Å². The van der Waals surface area contributed by atoms with Gasteiger partial charge in [0.05, 0.1) is 12.2 Å². The molecule has 2 saturated heterocycles. The van der Waals surface area contributed by atoms with Gasteiger partial charge >= 0.3 is 6.09 Å². The van der Waals surface area contributed by atoms with Gasteiger partial charge in [-0.05, 0) is 26.3 Å². The van der Waals surface area contributed by atoms with Gasteiger partial charge in [0.1, 0.15) is 30.5 Å². The van der Waals surface area contributed by atoms with Crippen molar-refractivity contribution in [3.05, 3.63) is 35.9 Å².